The molecule has 2 heterocycles. The summed E-state index contributed by atoms with van der Waals surface area (Å²) in [5, 5.41) is 4.21. The number of urea groups is 1. The van der Waals surface area contributed by atoms with Gasteiger partial charge < -0.3 is 19.7 Å². The largest absolute Gasteiger partial charge is 0.493 e. The van der Waals surface area contributed by atoms with Gasteiger partial charge in [0.1, 0.15) is 0 Å². The molecule has 0 radical (unpaired) electrons. The second-order valence-electron chi connectivity index (χ2n) is 7.38. The second kappa shape index (κ2) is 9.34. The number of methoxy groups -OCH3 is 2. The molecule has 0 bridgehead atoms. The first kappa shape index (κ1) is 20.5. The average molecular weight is 426 g/mol. The fourth-order valence-corrected chi connectivity index (χ4v) is 4.99. The Balaban J connectivity index is 1.32. The molecule has 4 rings (SSSR count). The molecular weight excluding hydrogens is 398 g/mol. The number of hydrogen-bond donors (Lipinski definition) is 1. The highest BCUT2D eigenvalue weighted by molar-refractivity contribution is 7.18. The lowest BCUT2D eigenvalue weighted by Crippen LogP contribution is -2.40. The van der Waals surface area contributed by atoms with Gasteiger partial charge in [-0.1, -0.05) is 18.2 Å². The summed E-state index contributed by atoms with van der Waals surface area (Å²) in [4.78, 5) is 19.4. The van der Waals surface area contributed by atoms with E-state index in [9.17, 15) is 4.79 Å². The van der Waals surface area contributed by atoms with Crippen molar-refractivity contribution in [3.63, 3.8) is 0 Å². The van der Waals surface area contributed by atoms with Crippen molar-refractivity contribution < 1.29 is 14.3 Å². The van der Waals surface area contributed by atoms with Crippen LogP contribution in [0.1, 0.15) is 35.9 Å². The topological polar surface area (TPSA) is 63.7 Å². The molecule has 1 atom stereocenters. The van der Waals surface area contributed by atoms with Crippen LogP contribution in [-0.2, 0) is 6.42 Å². The minimum atomic E-state index is -0.00316. The summed E-state index contributed by atoms with van der Waals surface area (Å²) in [6.45, 7) is 1.41. The van der Waals surface area contributed by atoms with Gasteiger partial charge in [0.25, 0.3) is 0 Å². The Hall–Kier alpha value is -2.80. The van der Waals surface area contributed by atoms with E-state index in [0.29, 0.717) is 18.0 Å². The lowest BCUT2D eigenvalue weighted by molar-refractivity contribution is 0.193. The number of hydrogen-bond acceptors (Lipinski definition) is 5. The maximum atomic E-state index is 12.8. The molecule has 2 aromatic carbocycles. The second-order valence-corrected chi connectivity index (χ2v) is 8.49. The Labute approximate surface area is 180 Å². The standard InChI is InChI=1S/C23H27N3O3S/c1-28-19-12-11-16(15-20(19)29-2)18-8-6-14-26(18)23(27)24-13-5-10-22-25-17-7-3-4-9-21(17)30-22/h3-4,7,9,11-12,15,18H,5-6,8,10,13-14H2,1-2H3,(H,24,27). The maximum absolute atomic E-state index is 12.8. The Kier molecular flexibility index (Phi) is 6.38. The Morgan fingerprint density at radius 1 is 1.20 bits per heavy atom. The van der Waals surface area contributed by atoms with Gasteiger partial charge >= 0.3 is 6.03 Å². The third-order valence-corrected chi connectivity index (χ3v) is 6.58. The summed E-state index contributed by atoms with van der Waals surface area (Å²) in [6, 6.07) is 14.1. The lowest BCUT2D eigenvalue weighted by atomic mass is 10.0. The minimum absolute atomic E-state index is 0.00316. The van der Waals surface area contributed by atoms with Crippen LogP contribution in [0.25, 0.3) is 10.2 Å². The van der Waals surface area contributed by atoms with Crippen molar-refractivity contribution in [2.45, 2.75) is 31.7 Å². The molecule has 30 heavy (non-hydrogen) atoms. The zero-order valence-electron chi connectivity index (χ0n) is 17.4. The molecule has 0 spiro atoms. The van der Waals surface area contributed by atoms with Crippen LogP contribution < -0.4 is 14.8 Å². The number of benzene rings is 2. The van der Waals surface area contributed by atoms with Gasteiger partial charge in [-0.3, -0.25) is 0 Å². The summed E-state index contributed by atoms with van der Waals surface area (Å²) < 4.78 is 12.0. The number of aromatic nitrogens is 1. The highest BCUT2D eigenvalue weighted by atomic mass is 32.1. The molecule has 6 nitrogen and oxygen atoms in total. The number of fused-ring (bicyclic) bond motifs is 1. The van der Waals surface area contributed by atoms with Crippen LogP contribution in [-0.4, -0.2) is 43.2 Å². The number of amides is 2. The van der Waals surface area contributed by atoms with E-state index in [-0.39, 0.29) is 12.1 Å². The van der Waals surface area contributed by atoms with Gasteiger partial charge in [0.2, 0.25) is 0 Å². The van der Waals surface area contributed by atoms with Crippen molar-refractivity contribution >= 4 is 27.6 Å². The molecular formula is C23H27N3O3S. The minimum Gasteiger partial charge on any atom is -0.493 e. The monoisotopic (exact) mass is 425 g/mol. The SMILES string of the molecule is COc1ccc(C2CCCN2C(=O)NCCCc2nc3ccccc3s2)cc1OC. The zero-order chi connectivity index (χ0) is 20.9. The molecule has 158 valence electrons. The number of carbonyl (C=O) groups excluding carboxylic acids is 1. The number of para-hydroxylation sites is 1. The van der Waals surface area contributed by atoms with E-state index < -0.39 is 0 Å². The summed E-state index contributed by atoms with van der Waals surface area (Å²) in [6.07, 6.45) is 3.70. The van der Waals surface area contributed by atoms with E-state index in [1.165, 1.54) is 4.70 Å². The normalized spacial score (nSPS) is 16.1. The number of thiazole rings is 1. The average Bonchev–Trinajstić information content (AvgIpc) is 3.43. The van der Waals surface area contributed by atoms with Gasteiger partial charge in [0.15, 0.2) is 11.5 Å². The molecule has 0 saturated carbocycles. The predicted molar refractivity (Wildman–Crippen MR) is 120 cm³/mol. The first-order chi connectivity index (χ1) is 14.7. The molecule has 1 fully saturated rings. The first-order valence-electron chi connectivity index (χ1n) is 10.3. The fourth-order valence-electron chi connectivity index (χ4n) is 3.98. The smallest absolute Gasteiger partial charge is 0.317 e. The Morgan fingerprint density at radius 2 is 2.03 bits per heavy atom. The molecule has 1 aliphatic rings. The molecule has 1 aromatic heterocycles. The highest BCUT2D eigenvalue weighted by Crippen LogP contribution is 2.36. The highest BCUT2D eigenvalue weighted by Gasteiger charge is 2.30. The predicted octanol–water partition coefficient (Wildman–Crippen LogP) is 4.79. The molecule has 3 aromatic rings. The Morgan fingerprint density at radius 3 is 2.83 bits per heavy atom. The first-order valence-corrected chi connectivity index (χ1v) is 11.1. The van der Waals surface area contributed by atoms with E-state index in [2.05, 4.69) is 16.4 Å². The summed E-state index contributed by atoms with van der Waals surface area (Å²) in [5.41, 5.74) is 2.13. The molecule has 1 unspecified atom stereocenters. The van der Waals surface area contributed by atoms with E-state index >= 15 is 0 Å². The van der Waals surface area contributed by atoms with E-state index in [0.717, 1.165) is 48.3 Å². The Bertz CT molecular complexity index is 987. The number of nitrogens with one attached hydrogen (secondary N) is 1. The van der Waals surface area contributed by atoms with Gasteiger partial charge in [0.05, 0.1) is 35.5 Å². The number of ether oxygens (including phenoxy) is 2. The fraction of sp³-hybridized carbons (Fsp3) is 0.391. The third-order valence-electron chi connectivity index (χ3n) is 5.49. The van der Waals surface area contributed by atoms with Crippen LogP contribution in [0.2, 0.25) is 0 Å². The molecule has 1 aliphatic heterocycles. The van der Waals surface area contributed by atoms with Crippen LogP contribution in [0.3, 0.4) is 0 Å². The maximum Gasteiger partial charge on any atom is 0.317 e. The van der Waals surface area contributed by atoms with Crippen LogP contribution in [0.4, 0.5) is 4.79 Å². The van der Waals surface area contributed by atoms with Crippen LogP contribution in [0, 0.1) is 0 Å². The molecule has 1 N–H and O–H groups in total. The van der Waals surface area contributed by atoms with Crippen molar-refractivity contribution in [1.82, 2.24) is 15.2 Å². The van der Waals surface area contributed by atoms with Crippen molar-refractivity contribution in [2.24, 2.45) is 0 Å². The number of likely N-dealkylation sites (tertiary alicyclic amines) is 1. The lowest BCUT2D eigenvalue weighted by Gasteiger charge is -2.26. The summed E-state index contributed by atoms with van der Waals surface area (Å²) in [5.74, 6) is 1.39. The number of aryl methyl sites for hydroxylation is 1. The van der Waals surface area contributed by atoms with Crippen LogP contribution >= 0.6 is 11.3 Å². The molecule has 0 aliphatic carbocycles. The quantitative estimate of drug-likeness (QED) is 0.553. The van der Waals surface area contributed by atoms with Gasteiger partial charge in [-0.25, -0.2) is 9.78 Å². The van der Waals surface area contributed by atoms with Crippen LogP contribution in [0.5, 0.6) is 11.5 Å². The number of rotatable bonds is 7. The van der Waals surface area contributed by atoms with Gasteiger partial charge in [-0.15, -0.1) is 11.3 Å². The van der Waals surface area contributed by atoms with E-state index in [4.69, 9.17) is 9.47 Å². The van der Waals surface area contributed by atoms with Crippen molar-refractivity contribution in [1.29, 1.82) is 0 Å². The zero-order valence-corrected chi connectivity index (χ0v) is 18.2. The van der Waals surface area contributed by atoms with Gasteiger partial charge in [-0.05, 0) is 49.1 Å². The number of nitrogens with zero attached hydrogens (tertiary/aromatic N) is 2. The van der Waals surface area contributed by atoms with Crippen LogP contribution in [0.15, 0.2) is 42.5 Å². The van der Waals surface area contributed by atoms with E-state index in [1.54, 1.807) is 25.6 Å². The summed E-state index contributed by atoms with van der Waals surface area (Å²) in [7, 11) is 3.26. The van der Waals surface area contributed by atoms with Crippen molar-refractivity contribution in [2.75, 3.05) is 27.3 Å². The third kappa shape index (κ3) is 4.36. The van der Waals surface area contributed by atoms with Crippen molar-refractivity contribution in [3.05, 3.63) is 53.0 Å². The van der Waals surface area contributed by atoms with Crippen molar-refractivity contribution in [3.8, 4) is 11.5 Å². The molecule has 1 saturated heterocycles. The molecule has 2 amide bonds. The van der Waals surface area contributed by atoms with Gasteiger partial charge in [-0.2, -0.15) is 0 Å². The van der Waals surface area contributed by atoms with E-state index in [1.807, 2.05) is 41.3 Å². The van der Waals surface area contributed by atoms with Gasteiger partial charge in [0, 0.05) is 19.5 Å². The number of carbonyl (C=O) groups is 1. The molecule has 7 heteroatoms. The summed E-state index contributed by atoms with van der Waals surface area (Å²) >= 11 is 1.73.